The molecule has 0 radical (unpaired) electrons. The smallest absolute Gasteiger partial charge is 0.258 e. The van der Waals surface area contributed by atoms with Gasteiger partial charge >= 0.3 is 0 Å². The lowest BCUT2D eigenvalue weighted by Gasteiger charge is -2.39. The van der Waals surface area contributed by atoms with Gasteiger partial charge in [0.15, 0.2) is 0 Å². The Morgan fingerprint density at radius 2 is 1.67 bits per heavy atom. The molecule has 1 fully saturated rings. The van der Waals surface area contributed by atoms with Crippen molar-refractivity contribution in [1.29, 1.82) is 0 Å². The molecule has 4 nitrogen and oxygen atoms in total. The number of amides is 1. The van der Waals surface area contributed by atoms with Gasteiger partial charge in [0.1, 0.15) is 21.9 Å². The first-order valence-electron chi connectivity index (χ1n) is 11.5. The minimum absolute atomic E-state index is 0.0317. The second-order valence-corrected chi connectivity index (χ2v) is 10.4. The molecule has 2 aliphatic heterocycles. The van der Waals surface area contributed by atoms with E-state index in [0.29, 0.717) is 23.7 Å². The van der Waals surface area contributed by atoms with Gasteiger partial charge in [0.25, 0.3) is 5.91 Å². The fourth-order valence-corrected chi connectivity index (χ4v) is 5.78. The lowest BCUT2D eigenvalue weighted by molar-refractivity contribution is 0.0977. The second-order valence-electron chi connectivity index (χ2n) is 9.17. The fraction of sp³-hybridized carbons (Fsp3) is 0.259. The Morgan fingerprint density at radius 1 is 1.00 bits per heavy atom. The van der Waals surface area contributed by atoms with Crippen LogP contribution in [-0.2, 0) is 5.41 Å². The minimum atomic E-state index is -0.579. The van der Waals surface area contributed by atoms with Crippen molar-refractivity contribution in [2.75, 3.05) is 31.1 Å². The Morgan fingerprint density at radius 3 is 2.33 bits per heavy atom. The average molecular weight is 549 g/mol. The van der Waals surface area contributed by atoms with Crippen molar-refractivity contribution in [1.82, 2.24) is 9.88 Å². The molecule has 0 saturated carbocycles. The van der Waals surface area contributed by atoms with E-state index in [1.54, 1.807) is 17.0 Å². The number of aromatic nitrogens is 1. The summed E-state index contributed by atoms with van der Waals surface area (Å²) in [5.41, 5.74) is 1.99. The van der Waals surface area contributed by atoms with Gasteiger partial charge in [-0.3, -0.25) is 9.69 Å². The highest BCUT2D eigenvalue weighted by Crippen LogP contribution is 2.48. The zero-order valence-electron chi connectivity index (χ0n) is 19.2. The molecule has 1 amide bonds. The highest BCUT2D eigenvalue weighted by molar-refractivity contribution is 6.33. The van der Waals surface area contributed by atoms with Gasteiger partial charge < -0.3 is 4.90 Å². The summed E-state index contributed by atoms with van der Waals surface area (Å²) < 4.78 is 27.8. The van der Waals surface area contributed by atoms with Gasteiger partial charge in [0, 0.05) is 40.3 Å². The molecule has 186 valence electrons. The maximum Gasteiger partial charge on any atom is 0.258 e. The minimum Gasteiger partial charge on any atom is -0.307 e. The van der Waals surface area contributed by atoms with Crippen molar-refractivity contribution >= 4 is 52.5 Å². The lowest BCUT2D eigenvalue weighted by Crippen LogP contribution is -2.46. The van der Waals surface area contributed by atoms with Crippen LogP contribution in [0.3, 0.4) is 0 Å². The molecule has 0 N–H and O–H groups in total. The fourth-order valence-electron chi connectivity index (χ4n) is 5.15. The van der Waals surface area contributed by atoms with Crippen LogP contribution in [-0.4, -0.2) is 42.0 Å². The molecule has 2 aromatic carbocycles. The van der Waals surface area contributed by atoms with Crippen LogP contribution in [0.2, 0.25) is 15.3 Å². The van der Waals surface area contributed by atoms with Crippen molar-refractivity contribution in [3.05, 3.63) is 98.3 Å². The van der Waals surface area contributed by atoms with E-state index < -0.39 is 11.6 Å². The topological polar surface area (TPSA) is 36.4 Å². The van der Waals surface area contributed by atoms with E-state index in [0.717, 1.165) is 37.2 Å². The third-order valence-corrected chi connectivity index (χ3v) is 7.62. The van der Waals surface area contributed by atoms with E-state index in [2.05, 4.69) is 9.88 Å². The predicted octanol–water partition coefficient (Wildman–Crippen LogP) is 7.03. The van der Waals surface area contributed by atoms with E-state index in [1.165, 1.54) is 36.4 Å². The summed E-state index contributed by atoms with van der Waals surface area (Å²) in [6.07, 6.45) is 4.89. The molecule has 0 aliphatic carbocycles. The first-order chi connectivity index (χ1) is 17.3. The molecule has 9 heteroatoms. The maximum absolute atomic E-state index is 13.9. The van der Waals surface area contributed by atoms with Gasteiger partial charge in [0.2, 0.25) is 0 Å². The number of carbonyl (C=O) groups is 1. The van der Waals surface area contributed by atoms with Crippen LogP contribution in [0, 0.1) is 11.6 Å². The van der Waals surface area contributed by atoms with Gasteiger partial charge in [-0.1, -0.05) is 53.0 Å². The average Bonchev–Trinajstić information content (AvgIpc) is 3.14. The molecular weight excluding hydrogens is 527 g/mol. The van der Waals surface area contributed by atoms with Crippen LogP contribution in [0.25, 0.3) is 6.08 Å². The zero-order valence-corrected chi connectivity index (χ0v) is 21.4. The molecule has 3 aromatic rings. The van der Waals surface area contributed by atoms with Crippen LogP contribution in [0.1, 0.15) is 34.3 Å². The highest BCUT2D eigenvalue weighted by Gasteiger charge is 2.46. The van der Waals surface area contributed by atoms with E-state index >= 15 is 0 Å². The summed E-state index contributed by atoms with van der Waals surface area (Å²) in [4.78, 5) is 21.4. The number of carbonyl (C=O) groups excluding carboxylic acids is 1. The molecule has 1 aromatic heterocycles. The number of fused-ring (bicyclic) bond motifs is 2. The summed E-state index contributed by atoms with van der Waals surface area (Å²) in [6, 6.07) is 12.5. The van der Waals surface area contributed by atoms with E-state index in [9.17, 15) is 13.6 Å². The largest absolute Gasteiger partial charge is 0.307 e. The number of likely N-dealkylation sites (tertiary alicyclic amines) is 1. The SMILES string of the molecule is O=C(c1cc(Cl)nc(Cl)c1)N1CC2(CCN(C/C=C/c3c(F)cccc3F)CC2)c2cc(Cl)ccc21. The van der Waals surface area contributed by atoms with Crippen LogP contribution < -0.4 is 4.90 Å². The van der Waals surface area contributed by atoms with Crippen molar-refractivity contribution in [3.63, 3.8) is 0 Å². The van der Waals surface area contributed by atoms with E-state index in [-0.39, 0.29) is 27.2 Å². The maximum atomic E-state index is 13.9. The van der Waals surface area contributed by atoms with Crippen molar-refractivity contribution < 1.29 is 13.6 Å². The number of halogens is 5. The summed E-state index contributed by atoms with van der Waals surface area (Å²) >= 11 is 18.4. The summed E-state index contributed by atoms with van der Waals surface area (Å²) in [5, 5.41) is 0.940. The van der Waals surface area contributed by atoms with Crippen LogP contribution >= 0.6 is 34.8 Å². The number of pyridine rings is 1. The standard InChI is InChI=1S/C27H22Cl3F2N3O/c28-18-6-7-23-20(15-18)27(16-35(23)26(36)17-13-24(29)33-25(30)14-17)8-11-34(12-9-27)10-2-3-19-21(31)4-1-5-22(19)32/h1-7,13-15H,8-12,16H2/b3-2+. The number of nitrogens with zero attached hydrogens (tertiary/aromatic N) is 3. The Labute approximate surface area is 223 Å². The van der Waals surface area contributed by atoms with E-state index in [4.69, 9.17) is 34.8 Å². The summed E-state index contributed by atoms with van der Waals surface area (Å²) in [7, 11) is 0. The molecule has 36 heavy (non-hydrogen) atoms. The third kappa shape index (κ3) is 4.88. The Kier molecular flexibility index (Phi) is 7.05. The summed E-state index contributed by atoms with van der Waals surface area (Å²) in [6.45, 7) is 2.63. The molecular formula is C27H22Cl3F2N3O. The van der Waals surface area contributed by atoms with Crippen molar-refractivity contribution in [2.45, 2.75) is 18.3 Å². The number of hydrogen-bond donors (Lipinski definition) is 0. The summed E-state index contributed by atoms with van der Waals surface area (Å²) in [5.74, 6) is -1.35. The van der Waals surface area contributed by atoms with Crippen LogP contribution in [0.4, 0.5) is 14.5 Å². The first-order valence-corrected chi connectivity index (χ1v) is 12.7. The number of rotatable bonds is 4. The monoisotopic (exact) mass is 547 g/mol. The zero-order chi connectivity index (χ0) is 25.4. The second kappa shape index (κ2) is 10.1. The molecule has 2 aliphatic rings. The molecule has 0 atom stereocenters. The van der Waals surface area contributed by atoms with Gasteiger partial charge in [-0.15, -0.1) is 0 Å². The van der Waals surface area contributed by atoms with Gasteiger partial charge in [-0.25, -0.2) is 13.8 Å². The lowest BCUT2D eigenvalue weighted by atomic mass is 9.74. The van der Waals surface area contributed by atoms with Crippen LogP contribution in [0.5, 0.6) is 0 Å². The Balaban J connectivity index is 1.33. The van der Waals surface area contributed by atoms with Crippen LogP contribution in [0.15, 0.2) is 54.6 Å². The predicted molar refractivity (Wildman–Crippen MR) is 140 cm³/mol. The van der Waals surface area contributed by atoms with Gasteiger partial charge in [0.05, 0.1) is 0 Å². The normalized spacial score (nSPS) is 17.2. The van der Waals surface area contributed by atoms with Gasteiger partial charge in [-0.2, -0.15) is 0 Å². The molecule has 1 saturated heterocycles. The third-order valence-electron chi connectivity index (χ3n) is 7.00. The van der Waals surface area contributed by atoms with Crippen molar-refractivity contribution in [3.8, 4) is 0 Å². The number of benzene rings is 2. The highest BCUT2D eigenvalue weighted by atomic mass is 35.5. The Hall–Kier alpha value is -2.51. The molecule has 0 unspecified atom stereocenters. The molecule has 0 bridgehead atoms. The molecule has 3 heterocycles. The first kappa shape index (κ1) is 25.2. The van der Waals surface area contributed by atoms with Gasteiger partial charge in [-0.05, 0) is 74.0 Å². The molecule has 1 spiro atoms. The van der Waals surface area contributed by atoms with Crippen molar-refractivity contribution in [2.24, 2.45) is 0 Å². The number of anilines is 1. The number of piperidine rings is 1. The molecule has 5 rings (SSSR count). The van der Waals surface area contributed by atoms with E-state index in [1.807, 2.05) is 12.1 Å². The quantitative estimate of drug-likeness (QED) is 0.329. The Bertz CT molecular complexity index is 1320. The number of hydrogen-bond acceptors (Lipinski definition) is 3.